The lowest BCUT2D eigenvalue weighted by atomic mass is 10.2. The van der Waals surface area contributed by atoms with E-state index in [4.69, 9.17) is 11.5 Å². The molecule has 0 aromatic heterocycles. The standard InChI is InChI=1S/C12H10FN3O5/c1-2-3-9(11(17)18)14-12(19)15-10-6-7(16(20)21)4-5-8(10)13/h1,4-6,9H,3H2,(H,17,18)(H2,14,15,19). The number of nitro groups is 1. The Morgan fingerprint density at radius 1 is 1.52 bits per heavy atom. The molecule has 0 heterocycles. The molecule has 1 unspecified atom stereocenters. The Morgan fingerprint density at radius 2 is 2.19 bits per heavy atom. The first-order valence-corrected chi connectivity index (χ1v) is 5.53. The van der Waals surface area contributed by atoms with Crippen molar-refractivity contribution in [3.63, 3.8) is 0 Å². The zero-order valence-corrected chi connectivity index (χ0v) is 10.5. The Morgan fingerprint density at radius 3 is 2.71 bits per heavy atom. The van der Waals surface area contributed by atoms with E-state index in [1.165, 1.54) is 0 Å². The molecule has 0 saturated heterocycles. The lowest BCUT2D eigenvalue weighted by Gasteiger charge is -2.13. The predicted octanol–water partition coefficient (Wildman–Crippen LogP) is 1.33. The monoisotopic (exact) mass is 295 g/mol. The first-order valence-electron chi connectivity index (χ1n) is 5.53. The molecule has 0 aliphatic rings. The molecule has 8 nitrogen and oxygen atoms in total. The van der Waals surface area contributed by atoms with E-state index in [2.05, 4.69) is 5.92 Å². The van der Waals surface area contributed by atoms with Crippen molar-refractivity contribution in [1.82, 2.24) is 5.32 Å². The number of nitrogens with one attached hydrogen (secondary N) is 2. The number of hydrogen-bond acceptors (Lipinski definition) is 4. The van der Waals surface area contributed by atoms with Gasteiger partial charge in [-0.05, 0) is 6.07 Å². The second-order valence-corrected chi connectivity index (χ2v) is 3.82. The van der Waals surface area contributed by atoms with Gasteiger partial charge in [-0.3, -0.25) is 10.1 Å². The number of carbonyl (C=O) groups is 2. The van der Waals surface area contributed by atoms with Crippen LogP contribution in [0.3, 0.4) is 0 Å². The van der Waals surface area contributed by atoms with Gasteiger partial charge in [-0.1, -0.05) is 0 Å². The molecule has 0 saturated carbocycles. The molecule has 0 bridgehead atoms. The minimum atomic E-state index is -1.36. The molecule has 0 aliphatic heterocycles. The van der Waals surface area contributed by atoms with Gasteiger partial charge in [0.15, 0.2) is 0 Å². The van der Waals surface area contributed by atoms with Crippen molar-refractivity contribution in [2.45, 2.75) is 12.5 Å². The second-order valence-electron chi connectivity index (χ2n) is 3.82. The van der Waals surface area contributed by atoms with Gasteiger partial charge >= 0.3 is 12.0 Å². The summed E-state index contributed by atoms with van der Waals surface area (Å²) < 4.78 is 13.4. The number of non-ortho nitro benzene ring substituents is 1. The number of amides is 2. The van der Waals surface area contributed by atoms with Gasteiger partial charge in [0.25, 0.3) is 5.69 Å². The second kappa shape index (κ2) is 6.85. The number of carboxylic acids is 1. The molecule has 0 aliphatic carbocycles. The number of benzene rings is 1. The van der Waals surface area contributed by atoms with Crippen molar-refractivity contribution in [1.29, 1.82) is 0 Å². The number of aliphatic carboxylic acids is 1. The van der Waals surface area contributed by atoms with Gasteiger partial charge in [0, 0.05) is 18.6 Å². The average Bonchev–Trinajstić information content (AvgIpc) is 2.40. The Hall–Kier alpha value is -3.15. The number of rotatable bonds is 5. The van der Waals surface area contributed by atoms with E-state index in [1.807, 2.05) is 10.6 Å². The summed E-state index contributed by atoms with van der Waals surface area (Å²) in [5, 5.41) is 23.3. The summed E-state index contributed by atoms with van der Waals surface area (Å²) in [5.74, 6) is -0.195. The van der Waals surface area contributed by atoms with Gasteiger partial charge in [-0.25, -0.2) is 14.0 Å². The van der Waals surface area contributed by atoms with Crippen LogP contribution in [0.5, 0.6) is 0 Å². The SMILES string of the molecule is C#CCC(NC(=O)Nc1cc([N+](=O)[O-])ccc1F)C(=O)O. The zero-order valence-electron chi connectivity index (χ0n) is 10.5. The Labute approximate surface area is 118 Å². The molecule has 1 rings (SSSR count). The van der Waals surface area contributed by atoms with Crippen LogP contribution in [0.15, 0.2) is 18.2 Å². The summed E-state index contributed by atoms with van der Waals surface area (Å²) in [5.41, 5.74) is -0.878. The molecule has 9 heteroatoms. The molecule has 2 amide bonds. The highest BCUT2D eigenvalue weighted by Crippen LogP contribution is 2.21. The van der Waals surface area contributed by atoms with Gasteiger partial charge < -0.3 is 15.7 Å². The van der Waals surface area contributed by atoms with Crippen LogP contribution in [0.4, 0.5) is 20.6 Å². The van der Waals surface area contributed by atoms with Crippen molar-refractivity contribution in [2.75, 3.05) is 5.32 Å². The predicted molar refractivity (Wildman–Crippen MR) is 70.1 cm³/mol. The van der Waals surface area contributed by atoms with Gasteiger partial charge in [-0.2, -0.15) is 0 Å². The molecule has 110 valence electrons. The van der Waals surface area contributed by atoms with Crippen LogP contribution in [0.2, 0.25) is 0 Å². The van der Waals surface area contributed by atoms with E-state index in [-0.39, 0.29) is 6.42 Å². The summed E-state index contributed by atoms with van der Waals surface area (Å²) in [6.07, 6.45) is 4.69. The number of terminal acetylenes is 1. The summed E-state index contributed by atoms with van der Waals surface area (Å²) in [4.78, 5) is 32.1. The first kappa shape index (κ1) is 15.9. The van der Waals surface area contributed by atoms with E-state index in [1.54, 1.807) is 0 Å². The van der Waals surface area contributed by atoms with Crippen molar-refractivity contribution in [3.8, 4) is 12.3 Å². The fraction of sp³-hybridized carbons (Fsp3) is 0.167. The smallest absolute Gasteiger partial charge is 0.327 e. The summed E-state index contributed by atoms with van der Waals surface area (Å²) in [6.45, 7) is 0. The molecule has 1 aromatic rings. The molecule has 0 fully saturated rings. The van der Waals surface area contributed by atoms with Crippen LogP contribution in [-0.2, 0) is 4.79 Å². The minimum absolute atomic E-state index is 0.264. The normalized spacial score (nSPS) is 11.0. The van der Waals surface area contributed by atoms with E-state index < -0.39 is 40.2 Å². The van der Waals surface area contributed by atoms with Crippen LogP contribution in [0.25, 0.3) is 0 Å². The van der Waals surface area contributed by atoms with Crippen LogP contribution < -0.4 is 10.6 Å². The summed E-state index contributed by atoms with van der Waals surface area (Å²) in [6, 6.07) is 0.154. The molecular formula is C12H10FN3O5. The molecular weight excluding hydrogens is 285 g/mol. The number of nitro benzene ring substituents is 1. The lowest BCUT2D eigenvalue weighted by Crippen LogP contribution is -2.42. The number of anilines is 1. The van der Waals surface area contributed by atoms with E-state index in [0.717, 1.165) is 18.2 Å². The maximum absolute atomic E-state index is 13.4. The third-order valence-corrected chi connectivity index (χ3v) is 2.33. The minimum Gasteiger partial charge on any atom is -0.480 e. The largest absolute Gasteiger partial charge is 0.480 e. The summed E-state index contributed by atoms with van der Waals surface area (Å²) in [7, 11) is 0. The van der Waals surface area contributed by atoms with E-state index >= 15 is 0 Å². The van der Waals surface area contributed by atoms with Crippen molar-refractivity contribution >= 4 is 23.4 Å². The topological polar surface area (TPSA) is 122 Å². The van der Waals surface area contributed by atoms with Gasteiger partial charge in [-0.15, -0.1) is 12.3 Å². The van der Waals surface area contributed by atoms with Gasteiger partial charge in [0.2, 0.25) is 0 Å². The molecule has 1 atom stereocenters. The highest BCUT2D eigenvalue weighted by atomic mass is 19.1. The zero-order chi connectivity index (χ0) is 16.0. The van der Waals surface area contributed by atoms with Crippen LogP contribution >= 0.6 is 0 Å². The number of halogens is 1. The third kappa shape index (κ3) is 4.46. The number of urea groups is 1. The highest BCUT2D eigenvalue weighted by molar-refractivity contribution is 5.92. The summed E-state index contributed by atoms with van der Waals surface area (Å²) >= 11 is 0. The number of carboxylic acid groups (broad SMARTS) is 1. The quantitative estimate of drug-likeness (QED) is 0.430. The van der Waals surface area contributed by atoms with E-state index in [9.17, 15) is 24.1 Å². The first-order chi connectivity index (χ1) is 9.85. The average molecular weight is 295 g/mol. The fourth-order valence-electron chi connectivity index (χ4n) is 1.36. The Balaban J connectivity index is 2.83. The Kier molecular flexibility index (Phi) is 5.19. The number of carbonyl (C=O) groups excluding carboxylic acids is 1. The fourth-order valence-corrected chi connectivity index (χ4v) is 1.36. The molecule has 1 aromatic carbocycles. The van der Waals surface area contributed by atoms with E-state index in [0.29, 0.717) is 0 Å². The number of hydrogen-bond donors (Lipinski definition) is 3. The van der Waals surface area contributed by atoms with Crippen LogP contribution in [0.1, 0.15) is 6.42 Å². The number of nitrogens with zero attached hydrogens (tertiary/aromatic N) is 1. The van der Waals surface area contributed by atoms with Gasteiger partial charge in [0.1, 0.15) is 11.9 Å². The van der Waals surface area contributed by atoms with Crippen molar-refractivity contribution < 1.29 is 24.0 Å². The molecule has 0 radical (unpaired) electrons. The third-order valence-electron chi connectivity index (χ3n) is 2.33. The molecule has 0 spiro atoms. The van der Waals surface area contributed by atoms with Gasteiger partial charge in [0.05, 0.1) is 10.6 Å². The van der Waals surface area contributed by atoms with Crippen LogP contribution in [-0.4, -0.2) is 28.1 Å². The Bertz CT molecular complexity index is 626. The lowest BCUT2D eigenvalue weighted by molar-refractivity contribution is -0.384. The molecule has 3 N–H and O–H groups in total. The molecule has 21 heavy (non-hydrogen) atoms. The maximum Gasteiger partial charge on any atom is 0.327 e. The van der Waals surface area contributed by atoms with Crippen molar-refractivity contribution in [3.05, 3.63) is 34.1 Å². The highest BCUT2D eigenvalue weighted by Gasteiger charge is 2.20. The maximum atomic E-state index is 13.4. The van der Waals surface area contributed by atoms with Crippen LogP contribution in [0, 0.1) is 28.3 Å². The van der Waals surface area contributed by atoms with Crippen molar-refractivity contribution in [2.24, 2.45) is 0 Å².